The van der Waals surface area contributed by atoms with Gasteiger partial charge in [0.1, 0.15) is 5.75 Å². The van der Waals surface area contributed by atoms with E-state index >= 15 is 0 Å². The monoisotopic (exact) mass is 336 g/mol. The van der Waals surface area contributed by atoms with E-state index in [1.54, 1.807) is 0 Å². The van der Waals surface area contributed by atoms with Crippen molar-refractivity contribution in [1.29, 1.82) is 0 Å². The van der Waals surface area contributed by atoms with Crippen LogP contribution in [0.3, 0.4) is 0 Å². The van der Waals surface area contributed by atoms with E-state index < -0.39 is 0 Å². The number of nitrogens with zero attached hydrogens (tertiary/aromatic N) is 1. The van der Waals surface area contributed by atoms with Gasteiger partial charge in [-0.2, -0.15) is 0 Å². The maximum Gasteiger partial charge on any atom is 0.119 e. The number of rotatable bonds is 7. The van der Waals surface area contributed by atoms with E-state index in [4.69, 9.17) is 10.5 Å². The van der Waals surface area contributed by atoms with Gasteiger partial charge >= 0.3 is 0 Å². The van der Waals surface area contributed by atoms with E-state index in [0.29, 0.717) is 12.5 Å². The maximum absolute atomic E-state index is 6.17. The number of hydrogen-bond acceptors (Lipinski definition) is 2. The lowest BCUT2D eigenvalue weighted by molar-refractivity contribution is 0.242. The Morgan fingerprint density at radius 3 is 2.60 bits per heavy atom. The summed E-state index contributed by atoms with van der Waals surface area (Å²) in [6.07, 6.45) is 3.38. The first-order valence-electron chi connectivity index (χ1n) is 9.15. The third-order valence-electron chi connectivity index (χ3n) is 4.64. The van der Waals surface area contributed by atoms with E-state index in [2.05, 4.69) is 74.0 Å². The van der Waals surface area contributed by atoms with Crippen LogP contribution in [0.4, 0.5) is 0 Å². The number of hydrogen-bond donors (Lipinski definition) is 1. The first kappa shape index (κ1) is 17.6. The predicted octanol–water partition coefficient (Wildman–Crippen LogP) is 4.73. The lowest BCUT2D eigenvalue weighted by Gasteiger charge is -2.16. The normalized spacial score (nSPS) is 12.7. The van der Waals surface area contributed by atoms with Crippen molar-refractivity contribution in [2.45, 2.75) is 45.8 Å². The van der Waals surface area contributed by atoms with Crippen molar-refractivity contribution < 1.29 is 4.74 Å². The van der Waals surface area contributed by atoms with Crippen molar-refractivity contribution in [1.82, 2.24) is 4.57 Å². The molecule has 0 spiro atoms. The summed E-state index contributed by atoms with van der Waals surface area (Å²) < 4.78 is 8.14. The standard InChI is InChI=1S/C22H28N2O/c1-4-24-15-21(20-10-5-6-11-22(20)24)18(14-23)12-17-8-7-9-19(13-17)25-16(2)3/h5-11,13,15-16,18H,4,12,14,23H2,1-3H3. The van der Waals surface area contributed by atoms with Crippen LogP contribution in [0.1, 0.15) is 37.8 Å². The second kappa shape index (κ2) is 7.75. The van der Waals surface area contributed by atoms with Gasteiger partial charge in [0.15, 0.2) is 0 Å². The molecule has 0 aliphatic rings. The van der Waals surface area contributed by atoms with Gasteiger partial charge in [-0.15, -0.1) is 0 Å². The molecule has 25 heavy (non-hydrogen) atoms. The minimum Gasteiger partial charge on any atom is -0.491 e. The van der Waals surface area contributed by atoms with Crippen LogP contribution in [0.15, 0.2) is 54.7 Å². The Labute approximate surface area is 150 Å². The molecule has 3 aromatic rings. The molecule has 1 atom stereocenters. The molecule has 3 nitrogen and oxygen atoms in total. The summed E-state index contributed by atoms with van der Waals surface area (Å²) in [5.41, 5.74) is 10.1. The SMILES string of the molecule is CCn1cc(C(CN)Cc2cccc(OC(C)C)c2)c2ccccc21. The van der Waals surface area contributed by atoms with Crippen LogP contribution in [0, 0.1) is 0 Å². The van der Waals surface area contributed by atoms with Crippen LogP contribution < -0.4 is 10.5 Å². The van der Waals surface area contributed by atoms with E-state index in [1.165, 1.54) is 22.0 Å². The zero-order valence-corrected chi connectivity index (χ0v) is 15.4. The zero-order valence-electron chi connectivity index (χ0n) is 15.4. The Morgan fingerprint density at radius 1 is 1.08 bits per heavy atom. The molecular formula is C22H28N2O. The van der Waals surface area contributed by atoms with Crippen molar-refractivity contribution in [3.8, 4) is 5.75 Å². The van der Waals surface area contributed by atoms with Gasteiger partial charge in [0, 0.05) is 29.6 Å². The number of fused-ring (bicyclic) bond motifs is 1. The molecule has 3 rings (SSSR count). The molecule has 132 valence electrons. The summed E-state index contributed by atoms with van der Waals surface area (Å²) in [7, 11) is 0. The van der Waals surface area contributed by atoms with Crippen molar-refractivity contribution in [2.24, 2.45) is 5.73 Å². The molecule has 0 aliphatic heterocycles. The molecule has 0 radical (unpaired) electrons. The molecule has 0 saturated heterocycles. The number of nitrogens with two attached hydrogens (primary N) is 1. The number of benzene rings is 2. The van der Waals surface area contributed by atoms with Crippen molar-refractivity contribution >= 4 is 10.9 Å². The van der Waals surface area contributed by atoms with Crippen molar-refractivity contribution in [2.75, 3.05) is 6.54 Å². The third-order valence-corrected chi connectivity index (χ3v) is 4.64. The second-order valence-electron chi connectivity index (χ2n) is 6.84. The fourth-order valence-electron chi connectivity index (χ4n) is 3.48. The number of aromatic nitrogens is 1. The fraction of sp³-hybridized carbons (Fsp3) is 0.364. The highest BCUT2D eigenvalue weighted by Gasteiger charge is 2.17. The largest absolute Gasteiger partial charge is 0.491 e. The van der Waals surface area contributed by atoms with E-state index in [9.17, 15) is 0 Å². The molecule has 2 aromatic carbocycles. The fourth-order valence-corrected chi connectivity index (χ4v) is 3.48. The minimum atomic E-state index is 0.183. The molecule has 0 saturated carbocycles. The lowest BCUT2D eigenvalue weighted by atomic mass is 9.91. The third kappa shape index (κ3) is 3.88. The van der Waals surface area contributed by atoms with Gasteiger partial charge in [-0.05, 0) is 63.1 Å². The van der Waals surface area contributed by atoms with E-state index in [0.717, 1.165) is 18.7 Å². The lowest BCUT2D eigenvalue weighted by Crippen LogP contribution is -2.15. The summed E-state index contributed by atoms with van der Waals surface area (Å²) in [4.78, 5) is 0. The number of aryl methyl sites for hydroxylation is 1. The van der Waals surface area contributed by atoms with E-state index in [1.807, 2.05) is 6.07 Å². The summed E-state index contributed by atoms with van der Waals surface area (Å²) >= 11 is 0. The highest BCUT2D eigenvalue weighted by molar-refractivity contribution is 5.84. The smallest absolute Gasteiger partial charge is 0.119 e. The van der Waals surface area contributed by atoms with Gasteiger partial charge < -0.3 is 15.0 Å². The van der Waals surface area contributed by atoms with Crippen LogP contribution in [0.25, 0.3) is 10.9 Å². The molecule has 2 N–H and O–H groups in total. The van der Waals surface area contributed by atoms with E-state index in [-0.39, 0.29) is 6.10 Å². The van der Waals surface area contributed by atoms with Gasteiger partial charge in [-0.25, -0.2) is 0 Å². The first-order valence-corrected chi connectivity index (χ1v) is 9.15. The van der Waals surface area contributed by atoms with Crippen molar-refractivity contribution in [3.05, 3.63) is 65.9 Å². The Hall–Kier alpha value is -2.26. The maximum atomic E-state index is 6.17. The molecular weight excluding hydrogens is 308 g/mol. The zero-order chi connectivity index (χ0) is 17.8. The molecule has 3 heteroatoms. The topological polar surface area (TPSA) is 40.2 Å². The van der Waals surface area contributed by atoms with Gasteiger partial charge in [0.05, 0.1) is 6.10 Å². The molecule has 1 unspecified atom stereocenters. The molecule has 1 aromatic heterocycles. The summed E-state index contributed by atoms with van der Waals surface area (Å²) in [5.74, 6) is 1.23. The number of para-hydroxylation sites is 1. The highest BCUT2D eigenvalue weighted by atomic mass is 16.5. The predicted molar refractivity (Wildman–Crippen MR) is 105 cm³/mol. The second-order valence-corrected chi connectivity index (χ2v) is 6.84. The minimum absolute atomic E-state index is 0.183. The van der Waals surface area contributed by atoms with Crippen LogP contribution in [-0.2, 0) is 13.0 Å². The molecule has 0 aliphatic carbocycles. The quantitative estimate of drug-likeness (QED) is 0.677. The van der Waals surface area contributed by atoms with Gasteiger partial charge in [-0.3, -0.25) is 0 Å². The first-order chi connectivity index (χ1) is 12.1. The van der Waals surface area contributed by atoms with Crippen LogP contribution in [0.2, 0.25) is 0 Å². The van der Waals surface area contributed by atoms with Crippen molar-refractivity contribution in [3.63, 3.8) is 0 Å². The molecule has 1 heterocycles. The Bertz CT molecular complexity index is 835. The highest BCUT2D eigenvalue weighted by Crippen LogP contribution is 2.30. The number of ether oxygens (including phenoxy) is 1. The summed E-state index contributed by atoms with van der Waals surface area (Å²) in [5, 5.41) is 1.31. The van der Waals surface area contributed by atoms with Crippen LogP contribution >= 0.6 is 0 Å². The van der Waals surface area contributed by atoms with Crippen LogP contribution in [0.5, 0.6) is 5.75 Å². The summed E-state index contributed by atoms with van der Waals surface area (Å²) in [6.45, 7) is 7.88. The average molecular weight is 336 g/mol. The molecule has 0 fully saturated rings. The Kier molecular flexibility index (Phi) is 5.44. The van der Waals surface area contributed by atoms with Crippen LogP contribution in [-0.4, -0.2) is 17.2 Å². The van der Waals surface area contributed by atoms with Gasteiger partial charge in [0.25, 0.3) is 0 Å². The van der Waals surface area contributed by atoms with Gasteiger partial charge in [0.2, 0.25) is 0 Å². The Balaban J connectivity index is 1.91. The van der Waals surface area contributed by atoms with Gasteiger partial charge in [-0.1, -0.05) is 30.3 Å². The Morgan fingerprint density at radius 2 is 1.88 bits per heavy atom. The molecule has 0 amide bonds. The molecule has 0 bridgehead atoms. The average Bonchev–Trinajstić information content (AvgIpc) is 2.98. The summed E-state index contributed by atoms with van der Waals surface area (Å²) in [6, 6.07) is 17.0.